The van der Waals surface area contributed by atoms with Gasteiger partial charge >= 0.3 is 0 Å². The number of ether oxygens (including phenoxy) is 1. The molecule has 1 aromatic heterocycles. The number of guanidine groups is 1. The van der Waals surface area contributed by atoms with E-state index in [1.165, 1.54) is 16.7 Å². The van der Waals surface area contributed by atoms with Crippen molar-refractivity contribution in [2.45, 2.75) is 26.4 Å². The first kappa shape index (κ1) is 18.4. The Kier molecular flexibility index (Phi) is 6.61. The molecule has 5 heteroatoms. The second-order valence-corrected chi connectivity index (χ2v) is 6.51. The van der Waals surface area contributed by atoms with Crippen LogP contribution in [0.5, 0.6) is 0 Å². The molecule has 0 aliphatic carbocycles. The van der Waals surface area contributed by atoms with E-state index in [1.54, 1.807) is 6.20 Å². The highest BCUT2D eigenvalue weighted by atomic mass is 16.5. The molecule has 1 aromatic carbocycles. The molecule has 1 atom stereocenters. The maximum atomic E-state index is 6.04. The lowest BCUT2D eigenvalue weighted by atomic mass is 10.0. The third kappa shape index (κ3) is 4.82. The predicted molar refractivity (Wildman–Crippen MR) is 105 cm³/mol. The number of aliphatic imine (C=N–C) groups is 1. The molecule has 1 aliphatic rings. The number of nitrogens with zero attached hydrogens (tertiary/aromatic N) is 3. The van der Waals surface area contributed by atoms with Gasteiger partial charge in [-0.1, -0.05) is 30.3 Å². The Balaban J connectivity index is 1.66. The minimum Gasteiger partial charge on any atom is -0.370 e. The zero-order chi connectivity index (χ0) is 18.2. The molecular formula is C21H28N4O. The Morgan fingerprint density at radius 1 is 1.31 bits per heavy atom. The van der Waals surface area contributed by atoms with Gasteiger partial charge in [0.1, 0.15) is 6.10 Å². The summed E-state index contributed by atoms with van der Waals surface area (Å²) in [6.07, 6.45) is 4.70. The molecule has 1 aliphatic heterocycles. The van der Waals surface area contributed by atoms with Crippen LogP contribution in [0, 0.1) is 6.92 Å². The van der Waals surface area contributed by atoms with Crippen LogP contribution < -0.4 is 5.32 Å². The van der Waals surface area contributed by atoms with E-state index in [4.69, 9.17) is 9.73 Å². The lowest BCUT2D eigenvalue weighted by Gasteiger charge is -2.35. The van der Waals surface area contributed by atoms with Crippen molar-refractivity contribution in [1.82, 2.24) is 15.2 Å². The van der Waals surface area contributed by atoms with Crippen LogP contribution in [0.3, 0.4) is 0 Å². The first-order chi connectivity index (χ1) is 12.8. The van der Waals surface area contributed by atoms with Gasteiger partial charge in [-0.3, -0.25) is 9.98 Å². The molecule has 1 unspecified atom stereocenters. The Labute approximate surface area is 156 Å². The number of benzene rings is 1. The van der Waals surface area contributed by atoms with Gasteiger partial charge in [0, 0.05) is 32.0 Å². The van der Waals surface area contributed by atoms with E-state index in [0.717, 1.165) is 38.6 Å². The summed E-state index contributed by atoms with van der Waals surface area (Å²) in [6, 6.07) is 12.5. The number of rotatable bonds is 5. The molecule has 1 fully saturated rings. The largest absolute Gasteiger partial charge is 0.370 e. The van der Waals surface area contributed by atoms with Gasteiger partial charge in [-0.15, -0.1) is 0 Å². The van der Waals surface area contributed by atoms with Crippen molar-refractivity contribution in [1.29, 1.82) is 0 Å². The highest BCUT2D eigenvalue weighted by Crippen LogP contribution is 2.24. The number of hydrogen-bond acceptors (Lipinski definition) is 3. The van der Waals surface area contributed by atoms with Crippen LogP contribution in [0.2, 0.25) is 0 Å². The third-order valence-corrected chi connectivity index (χ3v) is 4.62. The van der Waals surface area contributed by atoms with Crippen LogP contribution >= 0.6 is 0 Å². The summed E-state index contributed by atoms with van der Waals surface area (Å²) < 4.78 is 6.04. The summed E-state index contributed by atoms with van der Waals surface area (Å²) in [5, 5.41) is 3.43. The standard InChI is InChI=1S/C21H28N4O/c1-3-23-21(24-12-10-18-8-6-11-22-15-18)25-13-14-26-20(16-25)19-9-5-4-7-17(19)2/h4-9,11,15,20H,3,10,12-14,16H2,1-2H3,(H,23,24). The van der Waals surface area contributed by atoms with Crippen LogP contribution in [0.4, 0.5) is 0 Å². The average Bonchev–Trinajstić information content (AvgIpc) is 2.69. The molecule has 0 spiro atoms. The minimum atomic E-state index is 0.0899. The predicted octanol–water partition coefficient (Wildman–Crippen LogP) is 2.97. The van der Waals surface area contributed by atoms with Crippen LogP contribution in [0.1, 0.15) is 29.7 Å². The van der Waals surface area contributed by atoms with Gasteiger partial charge in [0.2, 0.25) is 0 Å². The zero-order valence-electron chi connectivity index (χ0n) is 15.7. The van der Waals surface area contributed by atoms with E-state index in [-0.39, 0.29) is 6.10 Å². The monoisotopic (exact) mass is 352 g/mol. The number of aromatic nitrogens is 1. The molecule has 138 valence electrons. The summed E-state index contributed by atoms with van der Waals surface area (Å²) in [4.78, 5) is 11.3. The van der Waals surface area contributed by atoms with E-state index in [0.29, 0.717) is 6.61 Å². The highest BCUT2D eigenvalue weighted by molar-refractivity contribution is 5.80. The van der Waals surface area contributed by atoms with Crippen LogP contribution in [0.15, 0.2) is 53.8 Å². The van der Waals surface area contributed by atoms with Crippen LogP contribution in [0.25, 0.3) is 0 Å². The normalized spacial score (nSPS) is 18.0. The Hall–Kier alpha value is -2.40. The van der Waals surface area contributed by atoms with Gasteiger partial charge in [-0.05, 0) is 43.0 Å². The van der Waals surface area contributed by atoms with Gasteiger partial charge in [-0.2, -0.15) is 0 Å². The lowest BCUT2D eigenvalue weighted by Crippen LogP contribution is -2.48. The second kappa shape index (κ2) is 9.34. The quantitative estimate of drug-likeness (QED) is 0.664. The van der Waals surface area contributed by atoms with Crippen molar-refractivity contribution in [2.24, 2.45) is 4.99 Å². The van der Waals surface area contributed by atoms with E-state index in [2.05, 4.69) is 59.4 Å². The van der Waals surface area contributed by atoms with Crippen molar-refractivity contribution in [3.63, 3.8) is 0 Å². The fourth-order valence-corrected chi connectivity index (χ4v) is 3.24. The molecule has 1 saturated heterocycles. The minimum absolute atomic E-state index is 0.0899. The van der Waals surface area contributed by atoms with E-state index in [9.17, 15) is 0 Å². The third-order valence-electron chi connectivity index (χ3n) is 4.62. The first-order valence-electron chi connectivity index (χ1n) is 9.37. The molecule has 5 nitrogen and oxygen atoms in total. The summed E-state index contributed by atoms with van der Waals surface area (Å²) in [5.74, 6) is 0.971. The Morgan fingerprint density at radius 2 is 2.19 bits per heavy atom. The van der Waals surface area contributed by atoms with Crippen molar-refractivity contribution >= 4 is 5.96 Å². The highest BCUT2D eigenvalue weighted by Gasteiger charge is 2.25. The molecule has 0 bridgehead atoms. The second-order valence-electron chi connectivity index (χ2n) is 6.51. The molecule has 2 aromatic rings. The van der Waals surface area contributed by atoms with Crippen LogP contribution in [-0.2, 0) is 11.2 Å². The van der Waals surface area contributed by atoms with Gasteiger partial charge in [0.25, 0.3) is 0 Å². The van der Waals surface area contributed by atoms with Crippen molar-refractivity contribution in [3.8, 4) is 0 Å². The van der Waals surface area contributed by atoms with Crippen LogP contribution in [-0.4, -0.2) is 48.6 Å². The number of nitrogens with one attached hydrogen (secondary N) is 1. The van der Waals surface area contributed by atoms with Gasteiger partial charge in [0.15, 0.2) is 5.96 Å². The summed E-state index contributed by atoms with van der Waals surface area (Å²) in [7, 11) is 0. The molecule has 1 N–H and O–H groups in total. The number of hydrogen-bond donors (Lipinski definition) is 1. The molecule has 0 amide bonds. The maximum absolute atomic E-state index is 6.04. The number of aryl methyl sites for hydroxylation is 1. The molecule has 2 heterocycles. The average molecular weight is 352 g/mol. The van der Waals surface area contributed by atoms with E-state index >= 15 is 0 Å². The lowest BCUT2D eigenvalue weighted by molar-refractivity contribution is -0.00832. The van der Waals surface area contributed by atoms with Crippen molar-refractivity contribution in [2.75, 3.05) is 32.8 Å². The van der Waals surface area contributed by atoms with Gasteiger partial charge < -0.3 is 15.0 Å². The van der Waals surface area contributed by atoms with Crippen molar-refractivity contribution in [3.05, 3.63) is 65.5 Å². The molecular weight excluding hydrogens is 324 g/mol. The molecule has 3 rings (SSSR count). The van der Waals surface area contributed by atoms with Gasteiger partial charge in [-0.25, -0.2) is 0 Å². The Bertz CT molecular complexity index is 717. The van der Waals surface area contributed by atoms with Crippen molar-refractivity contribution < 1.29 is 4.74 Å². The Morgan fingerprint density at radius 3 is 2.96 bits per heavy atom. The van der Waals surface area contributed by atoms with Gasteiger partial charge in [0.05, 0.1) is 13.2 Å². The maximum Gasteiger partial charge on any atom is 0.194 e. The topological polar surface area (TPSA) is 49.8 Å². The zero-order valence-corrected chi connectivity index (χ0v) is 15.7. The number of morpholine rings is 1. The molecule has 0 radical (unpaired) electrons. The summed E-state index contributed by atoms with van der Waals surface area (Å²) >= 11 is 0. The SMILES string of the molecule is CCNC(=NCCc1cccnc1)N1CCOC(c2ccccc2C)C1. The summed E-state index contributed by atoms with van der Waals surface area (Å²) in [5.41, 5.74) is 3.76. The van der Waals surface area contributed by atoms with E-state index < -0.39 is 0 Å². The first-order valence-corrected chi connectivity index (χ1v) is 9.37. The smallest absolute Gasteiger partial charge is 0.194 e. The fourth-order valence-electron chi connectivity index (χ4n) is 3.24. The summed E-state index contributed by atoms with van der Waals surface area (Å²) in [6.45, 7) is 8.26. The van der Waals surface area contributed by atoms with E-state index in [1.807, 2.05) is 12.3 Å². The molecule has 26 heavy (non-hydrogen) atoms. The molecule has 0 saturated carbocycles. The fraction of sp³-hybridized carbons (Fsp3) is 0.429. The number of pyridine rings is 1.